The van der Waals surface area contributed by atoms with Crippen LogP contribution in [0.2, 0.25) is 0 Å². The Balaban J connectivity index is -0.000000363. The van der Waals surface area contributed by atoms with Crippen molar-refractivity contribution in [3.8, 4) is 0 Å². The molecule has 1 atom stereocenters. The van der Waals surface area contributed by atoms with E-state index in [4.69, 9.17) is 24.9 Å². The zero-order valence-corrected chi connectivity index (χ0v) is 22.5. The molecule has 0 radical (unpaired) electrons. The first-order valence-corrected chi connectivity index (χ1v) is 11.2. The molecule has 0 aromatic carbocycles. The molecule has 0 aromatic heterocycles. The van der Waals surface area contributed by atoms with Gasteiger partial charge in [0, 0.05) is 20.3 Å². The third kappa shape index (κ3) is 22.2. The van der Waals surface area contributed by atoms with Gasteiger partial charge in [0.1, 0.15) is 13.1 Å². The Morgan fingerprint density at radius 3 is 1.75 bits per heavy atom. The molecule has 184 valence electrons. The number of hydrogen-bond acceptors (Lipinski definition) is 5. The first-order chi connectivity index (χ1) is 14.6. The third-order valence-electron chi connectivity index (χ3n) is 4.84. The fourth-order valence-electron chi connectivity index (χ4n) is 3.50. The van der Waals surface area contributed by atoms with E-state index in [0.717, 1.165) is 39.1 Å². The average molecular weight is 472 g/mol. The van der Waals surface area contributed by atoms with E-state index in [1.54, 1.807) is 0 Å². The van der Waals surface area contributed by atoms with Crippen LogP contribution in [0.25, 0.3) is 0 Å². The predicted molar refractivity (Wildman–Crippen MR) is 121 cm³/mol. The number of carbonyl (C=O) groups is 3. The molecule has 4 N–H and O–H groups in total. The van der Waals surface area contributed by atoms with Gasteiger partial charge in [0.05, 0.1) is 13.2 Å². The molecule has 32 heavy (non-hydrogen) atoms. The van der Waals surface area contributed by atoms with E-state index in [2.05, 4.69) is 11.9 Å². The maximum atomic E-state index is 11.2. The van der Waals surface area contributed by atoms with Gasteiger partial charge in [-0.2, -0.15) is 0 Å². The fraction of sp³-hybridized carbons (Fsp3) is 0.818. The van der Waals surface area contributed by atoms with Crippen LogP contribution in [0.4, 0.5) is 0 Å². The van der Waals surface area contributed by atoms with Crippen molar-refractivity contribution < 1.29 is 70.3 Å². The molecule has 0 aliphatic carbocycles. The maximum absolute atomic E-state index is 11.2. The van der Waals surface area contributed by atoms with Crippen LogP contribution in [0.3, 0.4) is 0 Å². The molecule has 9 nitrogen and oxygen atoms in total. The maximum Gasteiger partial charge on any atom is 1.00 e. The number of hydrogen-bond donors (Lipinski definition) is 4. The number of aliphatic imine (C=N–C) groups is 1. The second kappa shape index (κ2) is 23.2. The van der Waals surface area contributed by atoms with E-state index >= 15 is 0 Å². The van der Waals surface area contributed by atoms with E-state index in [-0.39, 0.29) is 44.1 Å². The Bertz CT molecular complexity index is 531. The summed E-state index contributed by atoms with van der Waals surface area (Å²) >= 11 is 0. The van der Waals surface area contributed by atoms with E-state index in [9.17, 15) is 9.90 Å². The van der Waals surface area contributed by atoms with E-state index in [0.29, 0.717) is 17.6 Å². The van der Waals surface area contributed by atoms with Gasteiger partial charge in [0.15, 0.2) is 12.4 Å². The van der Waals surface area contributed by atoms with Crippen molar-refractivity contribution in [1.29, 1.82) is 0 Å². The monoisotopic (exact) mass is 471 g/mol. The minimum absolute atomic E-state index is 0. The minimum atomic E-state index is -0.833. The van der Waals surface area contributed by atoms with Crippen LogP contribution < -0.4 is 29.6 Å². The third-order valence-corrected chi connectivity index (χ3v) is 4.84. The van der Waals surface area contributed by atoms with Crippen molar-refractivity contribution in [2.45, 2.75) is 85.0 Å². The predicted octanol–water partition coefficient (Wildman–Crippen LogP) is 0.511. The normalized spacial score (nSPS) is 16.4. The number of rotatable bonds is 14. The van der Waals surface area contributed by atoms with Crippen molar-refractivity contribution in [3.63, 3.8) is 0 Å². The van der Waals surface area contributed by atoms with Gasteiger partial charge < -0.3 is 21.9 Å². The molecule has 1 unspecified atom stereocenters. The number of unbranched alkanes of at least 4 members (excludes halogenated alkanes) is 8. The summed E-state index contributed by atoms with van der Waals surface area (Å²) in [6.07, 6.45) is 12.4. The molecule has 0 saturated heterocycles. The second-order valence-corrected chi connectivity index (χ2v) is 7.78. The van der Waals surface area contributed by atoms with Gasteiger partial charge in [-0.1, -0.05) is 58.3 Å². The van der Waals surface area contributed by atoms with Gasteiger partial charge in [0.25, 0.3) is 11.9 Å². The fourth-order valence-corrected chi connectivity index (χ4v) is 3.50. The van der Waals surface area contributed by atoms with E-state index < -0.39 is 17.9 Å². The van der Waals surface area contributed by atoms with Crippen molar-refractivity contribution in [2.24, 2.45) is 4.99 Å². The molecule has 1 rings (SSSR count). The molecule has 0 fully saturated rings. The zero-order valence-electron chi connectivity index (χ0n) is 21.5. The number of nitrogens with zero attached hydrogens (tertiary/aromatic N) is 2. The van der Waals surface area contributed by atoms with Gasteiger partial charge in [-0.05, 0) is 6.42 Å². The summed E-state index contributed by atoms with van der Waals surface area (Å²) < 4.78 is 0.364. The first-order valence-electron chi connectivity index (χ1n) is 11.2. The minimum Gasteiger partial charge on any atom is -1.00 e. The Morgan fingerprint density at radius 1 is 0.906 bits per heavy atom. The Hall–Kier alpha value is -1.00. The molecule has 1 aliphatic heterocycles. The number of aliphatic hydroxyl groups excluding tert-OH is 1. The summed E-state index contributed by atoms with van der Waals surface area (Å²) in [6, 6.07) is 0. The number of quaternary nitrogens is 1. The van der Waals surface area contributed by atoms with Crippen LogP contribution in [-0.2, 0) is 14.4 Å². The Morgan fingerprint density at radius 2 is 1.34 bits per heavy atom. The second-order valence-electron chi connectivity index (χ2n) is 7.78. The van der Waals surface area contributed by atoms with Crippen molar-refractivity contribution >= 4 is 23.7 Å². The van der Waals surface area contributed by atoms with Crippen molar-refractivity contribution in [3.05, 3.63) is 0 Å². The van der Waals surface area contributed by atoms with Crippen LogP contribution in [0.5, 0.6) is 0 Å². The average Bonchev–Trinajstić information content (AvgIpc) is 3.01. The number of carboxylic acids is 3. The van der Waals surface area contributed by atoms with Crippen molar-refractivity contribution in [2.75, 3.05) is 32.8 Å². The SMILES string of the molecule is CC(=O)O.CC(=O)O.CCCCCCCCCCCC1=NCC[N+]1(CCO)CC(=O)O.[H-].[Na+]. The summed E-state index contributed by atoms with van der Waals surface area (Å²) in [6.45, 7) is 6.37. The Labute approximate surface area is 216 Å². The van der Waals surface area contributed by atoms with Gasteiger partial charge in [-0.15, -0.1) is 0 Å². The summed E-state index contributed by atoms with van der Waals surface area (Å²) in [7, 11) is 0. The standard InChI is InChI=1S/C18H34N2O3.2C2H4O2.Na.H/c1-2-3-4-5-6-7-8-9-10-11-17-19-12-13-20(17,14-15-21)16-18(22)23;2*1-2(3)4;;/h21H,2-16H2,1H3;2*1H3,(H,3,4);;/q;;;+1;-1/p+1. The molecule has 0 spiro atoms. The summed E-state index contributed by atoms with van der Waals surface area (Å²) in [5.41, 5.74) is 0. The summed E-state index contributed by atoms with van der Waals surface area (Å²) in [5.74, 6) is -1.48. The van der Waals surface area contributed by atoms with Gasteiger partial charge >= 0.3 is 35.5 Å². The largest absolute Gasteiger partial charge is 1.00 e. The van der Waals surface area contributed by atoms with Crippen LogP contribution >= 0.6 is 0 Å². The Kier molecular flexibility index (Phi) is 25.8. The van der Waals surface area contributed by atoms with Crippen LogP contribution in [0.1, 0.15) is 86.4 Å². The topological polar surface area (TPSA) is 144 Å². The molecule has 0 bridgehead atoms. The van der Waals surface area contributed by atoms with Crippen LogP contribution in [0, 0.1) is 0 Å². The zero-order chi connectivity index (χ0) is 24.1. The summed E-state index contributed by atoms with van der Waals surface area (Å²) in [4.78, 5) is 33.7. The molecule has 0 saturated carbocycles. The number of aliphatic carboxylic acids is 3. The number of carboxylic acid groups (broad SMARTS) is 3. The van der Waals surface area contributed by atoms with Gasteiger partial charge in [-0.3, -0.25) is 14.1 Å². The van der Waals surface area contributed by atoms with E-state index in [1.807, 2.05) is 0 Å². The number of aliphatic hydroxyl groups is 1. The molecular formula is C22H44N2NaO7+. The molecule has 10 heteroatoms. The quantitative estimate of drug-likeness (QED) is 0.164. The molecule has 0 amide bonds. The number of amidine groups is 1. The first kappa shape index (κ1) is 35.6. The molecule has 1 heterocycles. The van der Waals surface area contributed by atoms with Crippen molar-refractivity contribution in [1.82, 2.24) is 0 Å². The molecule has 1 aliphatic rings. The van der Waals surface area contributed by atoms with E-state index in [1.165, 1.54) is 51.4 Å². The van der Waals surface area contributed by atoms with Gasteiger partial charge in [0.2, 0.25) is 0 Å². The smallest absolute Gasteiger partial charge is 1.00 e. The molecular weight excluding hydrogens is 427 g/mol. The summed E-state index contributed by atoms with van der Waals surface area (Å²) in [5, 5.41) is 33.3. The molecule has 0 aromatic rings. The van der Waals surface area contributed by atoms with Crippen LogP contribution in [-0.4, -0.2) is 81.4 Å². The van der Waals surface area contributed by atoms with Crippen LogP contribution in [0.15, 0.2) is 4.99 Å². The van der Waals surface area contributed by atoms with Gasteiger partial charge in [-0.25, -0.2) is 9.79 Å².